The molecule has 1 N–H and O–H groups in total. The first-order valence-electron chi connectivity index (χ1n) is 8.95. The van der Waals surface area contributed by atoms with E-state index < -0.39 is 0 Å². The molecule has 1 aliphatic rings. The number of hydrogen-bond acceptors (Lipinski definition) is 1. The molecule has 0 aromatic heterocycles. The lowest BCUT2D eigenvalue weighted by Gasteiger charge is -2.29. The maximum absolute atomic E-state index is 4.43. The smallest absolute Gasteiger partial charge is 0.0348 e. The number of benzene rings is 1. The molecule has 0 bridgehead atoms. The topological polar surface area (TPSA) is 12.0 Å². The summed E-state index contributed by atoms with van der Waals surface area (Å²) in [6.07, 6.45) is 9.65. The fraction of sp³-hybridized carbons (Fsp3) is 0.455. The largest absolute Gasteiger partial charge is 0.306 e. The van der Waals surface area contributed by atoms with Crippen LogP contribution in [0.3, 0.4) is 0 Å². The molecule has 23 heavy (non-hydrogen) atoms. The van der Waals surface area contributed by atoms with E-state index in [0.29, 0.717) is 12.0 Å². The summed E-state index contributed by atoms with van der Waals surface area (Å²) in [5, 5.41) is 3.75. The van der Waals surface area contributed by atoms with Crippen LogP contribution < -0.4 is 5.32 Å². The van der Waals surface area contributed by atoms with Gasteiger partial charge < -0.3 is 5.32 Å². The van der Waals surface area contributed by atoms with Gasteiger partial charge in [-0.15, -0.1) is 0 Å². The van der Waals surface area contributed by atoms with Gasteiger partial charge in [0.1, 0.15) is 0 Å². The second-order valence-corrected chi connectivity index (χ2v) is 6.79. The van der Waals surface area contributed by atoms with Crippen molar-refractivity contribution in [2.75, 3.05) is 0 Å². The monoisotopic (exact) mass is 309 g/mol. The molecule has 1 aliphatic carbocycles. The van der Waals surface area contributed by atoms with Gasteiger partial charge in [-0.3, -0.25) is 0 Å². The van der Waals surface area contributed by atoms with Gasteiger partial charge in [0.2, 0.25) is 0 Å². The molecule has 0 aliphatic heterocycles. The highest BCUT2D eigenvalue weighted by Crippen LogP contribution is 2.30. The number of rotatable bonds is 7. The van der Waals surface area contributed by atoms with Crippen LogP contribution in [0.2, 0.25) is 0 Å². The normalized spacial score (nSPS) is 17.0. The van der Waals surface area contributed by atoms with Gasteiger partial charge >= 0.3 is 0 Å². The third kappa shape index (κ3) is 4.94. The zero-order valence-corrected chi connectivity index (χ0v) is 14.9. The second-order valence-electron chi connectivity index (χ2n) is 6.79. The van der Waals surface area contributed by atoms with Gasteiger partial charge in [-0.25, -0.2) is 0 Å². The molecule has 0 fully saturated rings. The van der Waals surface area contributed by atoms with Crippen LogP contribution >= 0.6 is 0 Å². The molecule has 0 spiro atoms. The number of allylic oxidation sites excluding steroid dienone is 3. The third-order valence-electron chi connectivity index (χ3n) is 4.71. The Morgan fingerprint density at radius 1 is 1.22 bits per heavy atom. The zero-order chi connectivity index (χ0) is 16.7. The number of nitrogens with one attached hydrogen (secondary N) is 1. The van der Waals surface area contributed by atoms with Gasteiger partial charge in [-0.1, -0.05) is 62.9 Å². The highest BCUT2D eigenvalue weighted by Gasteiger charge is 2.21. The minimum absolute atomic E-state index is 0.343. The van der Waals surface area contributed by atoms with Crippen LogP contribution in [0.25, 0.3) is 0 Å². The molecule has 0 amide bonds. The fourth-order valence-electron chi connectivity index (χ4n) is 3.37. The summed E-state index contributed by atoms with van der Waals surface area (Å²) < 4.78 is 0. The van der Waals surface area contributed by atoms with Crippen LogP contribution in [0.4, 0.5) is 0 Å². The maximum Gasteiger partial charge on any atom is 0.0348 e. The van der Waals surface area contributed by atoms with E-state index in [1.807, 2.05) is 0 Å². The molecule has 0 saturated carbocycles. The third-order valence-corrected chi connectivity index (χ3v) is 4.71. The van der Waals surface area contributed by atoms with E-state index in [2.05, 4.69) is 75.2 Å². The fourth-order valence-corrected chi connectivity index (χ4v) is 3.37. The van der Waals surface area contributed by atoms with Gasteiger partial charge in [-0.05, 0) is 60.8 Å². The molecular weight excluding hydrogens is 278 g/mol. The lowest BCUT2D eigenvalue weighted by atomic mass is 9.84. The van der Waals surface area contributed by atoms with E-state index in [4.69, 9.17) is 0 Å². The summed E-state index contributed by atoms with van der Waals surface area (Å²) in [7, 11) is 0. The Balaban J connectivity index is 2.10. The van der Waals surface area contributed by atoms with Crippen molar-refractivity contribution in [3.63, 3.8) is 0 Å². The molecule has 1 nitrogen and oxygen atoms in total. The Hall–Kier alpha value is -1.60. The van der Waals surface area contributed by atoms with Crippen molar-refractivity contribution in [1.82, 2.24) is 5.32 Å². The van der Waals surface area contributed by atoms with Crippen molar-refractivity contribution >= 4 is 0 Å². The molecule has 1 aromatic carbocycles. The van der Waals surface area contributed by atoms with E-state index in [1.54, 1.807) is 0 Å². The second kappa shape index (κ2) is 8.88. The van der Waals surface area contributed by atoms with E-state index in [1.165, 1.54) is 48.0 Å². The summed E-state index contributed by atoms with van der Waals surface area (Å²) in [5.74, 6) is 0.533. The molecule has 0 radical (unpaired) electrons. The highest BCUT2D eigenvalue weighted by molar-refractivity contribution is 5.47. The average molecular weight is 309 g/mol. The van der Waals surface area contributed by atoms with Crippen molar-refractivity contribution in [3.05, 3.63) is 71.3 Å². The molecule has 2 rings (SSSR count). The molecule has 0 heterocycles. The standard InChI is InChI=1S/C22H31N/c1-5-21(18(4)20-14-10-7-11-15-20)22(17(2)3)23-16-19-12-8-6-9-13-19/h5-6,8-9,12-14,17,22-23H,4,7,10-11,15-16H2,1-3H3/b21-5+. The molecule has 1 heteroatoms. The van der Waals surface area contributed by atoms with Gasteiger partial charge in [0.25, 0.3) is 0 Å². The first-order chi connectivity index (χ1) is 11.1. The maximum atomic E-state index is 4.43. The SMILES string of the molecule is C=C(C1=CCCCC1)/C(=C\C)C(NCc1ccccc1)C(C)C. The summed E-state index contributed by atoms with van der Waals surface area (Å²) in [5.41, 5.74) is 5.39. The van der Waals surface area contributed by atoms with Crippen LogP contribution in [-0.2, 0) is 6.54 Å². The summed E-state index contributed by atoms with van der Waals surface area (Å²) >= 11 is 0. The molecule has 124 valence electrons. The van der Waals surface area contributed by atoms with E-state index in [9.17, 15) is 0 Å². The minimum atomic E-state index is 0.343. The van der Waals surface area contributed by atoms with Gasteiger partial charge in [0.05, 0.1) is 0 Å². The Labute approximate surface area is 142 Å². The van der Waals surface area contributed by atoms with Crippen LogP contribution in [0, 0.1) is 5.92 Å². The first kappa shape index (κ1) is 17.7. The van der Waals surface area contributed by atoms with Crippen LogP contribution in [0.5, 0.6) is 0 Å². The lowest BCUT2D eigenvalue weighted by molar-refractivity contribution is 0.447. The summed E-state index contributed by atoms with van der Waals surface area (Å²) in [6.45, 7) is 12.0. The zero-order valence-electron chi connectivity index (χ0n) is 14.9. The Bertz CT molecular complexity index is 563. The quantitative estimate of drug-likeness (QED) is 0.627. The van der Waals surface area contributed by atoms with Crippen molar-refractivity contribution in [2.45, 2.75) is 59.0 Å². The average Bonchev–Trinajstić information content (AvgIpc) is 2.59. The summed E-state index contributed by atoms with van der Waals surface area (Å²) in [4.78, 5) is 0. The number of hydrogen-bond donors (Lipinski definition) is 1. The van der Waals surface area contributed by atoms with Gasteiger partial charge in [-0.2, -0.15) is 0 Å². The van der Waals surface area contributed by atoms with Crippen molar-refractivity contribution in [2.24, 2.45) is 5.92 Å². The molecule has 0 saturated heterocycles. The van der Waals surface area contributed by atoms with Gasteiger partial charge in [0, 0.05) is 12.6 Å². The highest BCUT2D eigenvalue weighted by atomic mass is 14.9. The van der Waals surface area contributed by atoms with Crippen LogP contribution in [0.15, 0.2) is 65.8 Å². The van der Waals surface area contributed by atoms with Gasteiger partial charge in [0.15, 0.2) is 0 Å². The Morgan fingerprint density at radius 2 is 1.96 bits per heavy atom. The van der Waals surface area contributed by atoms with Crippen molar-refractivity contribution in [3.8, 4) is 0 Å². The lowest BCUT2D eigenvalue weighted by Crippen LogP contribution is -2.36. The van der Waals surface area contributed by atoms with Crippen LogP contribution in [-0.4, -0.2) is 6.04 Å². The van der Waals surface area contributed by atoms with Crippen molar-refractivity contribution < 1.29 is 0 Å². The van der Waals surface area contributed by atoms with E-state index >= 15 is 0 Å². The Kier molecular flexibility index (Phi) is 6.85. The predicted octanol–water partition coefficient (Wildman–Crippen LogP) is 5.80. The first-order valence-corrected chi connectivity index (χ1v) is 8.95. The molecular formula is C22H31N. The minimum Gasteiger partial charge on any atom is -0.306 e. The predicted molar refractivity (Wildman–Crippen MR) is 101 cm³/mol. The van der Waals surface area contributed by atoms with Crippen LogP contribution in [0.1, 0.15) is 52.0 Å². The summed E-state index contributed by atoms with van der Waals surface area (Å²) in [6, 6.07) is 11.0. The molecule has 1 atom stereocenters. The molecule has 1 aromatic rings. The molecule has 1 unspecified atom stereocenters. The Morgan fingerprint density at radius 3 is 2.52 bits per heavy atom. The van der Waals surface area contributed by atoms with E-state index in [-0.39, 0.29) is 0 Å². The van der Waals surface area contributed by atoms with E-state index in [0.717, 1.165) is 6.54 Å². The van der Waals surface area contributed by atoms with Crippen molar-refractivity contribution in [1.29, 1.82) is 0 Å².